The molecule has 0 atom stereocenters. The van der Waals surface area contributed by atoms with Crippen molar-refractivity contribution in [2.45, 2.75) is 23.9 Å². The zero-order chi connectivity index (χ0) is 19.9. The van der Waals surface area contributed by atoms with Gasteiger partial charge in [0.05, 0.1) is 0 Å². The molecule has 0 radical (unpaired) electrons. The van der Waals surface area contributed by atoms with E-state index in [4.69, 9.17) is 0 Å². The van der Waals surface area contributed by atoms with E-state index >= 15 is 0 Å². The second-order valence-corrected chi connectivity index (χ2v) is 8.42. The molecule has 0 aliphatic heterocycles. The van der Waals surface area contributed by atoms with Crippen molar-refractivity contribution in [1.82, 2.24) is 14.8 Å². The van der Waals surface area contributed by atoms with Crippen LogP contribution in [0.1, 0.15) is 20.8 Å². The number of carbonyl (C=O) groups excluding carboxylic acids is 1. The summed E-state index contributed by atoms with van der Waals surface area (Å²) < 4.78 is 2.08. The minimum Gasteiger partial charge on any atom is -0.322 e. The number of rotatable bonds is 8. The Balaban J connectivity index is 1.36. The smallest absolute Gasteiger partial charge is 0.255 e. The molecule has 0 saturated carbocycles. The number of nitrogens with zero attached hydrogens (tertiary/aromatic N) is 3. The Bertz CT molecular complexity index is 1060. The summed E-state index contributed by atoms with van der Waals surface area (Å²) in [7, 11) is 0. The van der Waals surface area contributed by atoms with E-state index < -0.39 is 0 Å². The van der Waals surface area contributed by atoms with Gasteiger partial charge in [0.25, 0.3) is 5.91 Å². The van der Waals surface area contributed by atoms with Crippen LogP contribution in [0.25, 0.3) is 0 Å². The Morgan fingerprint density at radius 1 is 1.07 bits per heavy atom. The Labute approximate surface area is 177 Å². The SMILES string of the molecule is O=C(Nc1ccccc1)c1cccc(CSc2nncn2CCc2cccs2)c1. The summed E-state index contributed by atoms with van der Waals surface area (Å²) in [5.74, 6) is 0.617. The lowest BCUT2D eigenvalue weighted by Crippen LogP contribution is -2.11. The number of benzene rings is 2. The fraction of sp³-hybridized carbons (Fsp3) is 0.136. The number of hydrogen-bond donors (Lipinski definition) is 1. The Morgan fingerprint density at radius 2 is 1.97 bits per heavy atom. The van der Waals surface area contributed by atoms with Gasteiger partial charge >= 0.3 is 0 Å². The van der Waals surface area contributed by atoms with Crippen molar-refractivity contribution in [3.63, 3.8) is 0 Å². The van der Waals surface area contributed by atoms with E-state index in [2.05, 4.69) is 37.6 Å². The molecule has 29 heavy (non-hydrogen) atoms. The number of nitrogens with one attached hydrogen (secondary N) is 1. The molecule has 1 amide bonds. The molecule has 0 aliphatic carbocycles. The largest absolute Gasteiger partial charge is 0.322 e. The van der Waals surface area contributed by atoms with Crippen LogP contribution in [0, 0.1) is 0 Å². The minimum atomic E-state index is -0.109. The highest BCUT2D eigenvalue weighted by molar-refractivity contribution is 7.98. The van der Waals surface area contributed by atoms with Gasteiger partial charge in [-0.15, -0.1) is 21.5 Å². The Hall–Kier alpha value is -2.90. The van der Waals surface area contributed by atoms with Gasteiger partial charge in [0.15, 0.2) is 5.16 Å². The van der Waals surface area contributed by atoms with Gasteiger partial charge in [-0.25, -0.2) is 0 Å². The van der Waals surface area contributed by atoms with E-state index in [1.54, 1.807) is 29.4 Å². The van der Waals surface area contributed by atoms with Gasteiger partial charge in [0.2, 0.25) is 0 Å². The zero-order valence-electron chi connectivity index (χ0n) is 15.7. The lowest BCUT2D eigenvalue weighted by Gasteiger charge is -2.08. The predicted molar refractivity (Wildman–Crippen MR) is 118 cm³/mol. The van der Waals surface area contributed by atoms with Crippen molar-refractivity contribution in [2.24, 2.45) is 0 Å². The van der Waals surface area contributed by atoms with Crippen molar-refractivity contribution in [3.8, 4) is 0 Å². The molecule has 2 heterocycles. The second kappa shape index (κ2) is 9.54. The number of aromatic nitrogens is 3. The molecule has 2 aromatic heterocycles. The first-order chi connectivity index (χ1) is 14.3. The summed E-state index contributed by atoms with van der Waals surface area (Å²) in [6.45, 7) is 0.857. The van der Waals surface area contributed by atoms with Crippen molar-refractivity contribution < 1.29 is 4.79 Å². The standard InChI is InChI=1S/C22H20N4OS2/c27-21(24-19-8-2-1-3-9-19)18-7-4-6-17(14-18)15-29-22-25-23-16-26(22)12-11-20-10-5-13-28-20/h1-10,13-14,16H,11-12,15H2,(H,24,27). The van der Waals surface area contributed by atoms with E-state index in [0.717, 1.165) is 35.1 Å². The summed E-state index contributed by atoms with van der Waals surface area (Å²) in [6.07, 6.45) is 2.75. The molecule has 0 fully saturated rings. The van der Waals surface area contributed by atoms with Gasteiger partial charge in [-0.1, -0.05) is 48.2 Å². The minimum absolute atomic E-state index is 0.109. The average molecular weight is 421 g/mol. The van der Waals surface area contributed by atoms with E-state index in [-0.39, 0.29) is 5.91 Å². The highest BCUT2D eigenvalue weighted by Gasteiger charge is 2.09. The number of hydrogen-bond acceptors (Lipinski definition) is 5. The van der Waals surface area contributed by atoms with E-state index in [9.17, 15) is 4.79 Å². The summed E-state index contributed by atoms with van der Waals surface area (Å²) in [5, 5.41) is 14.2. The highest BCUT2D eigenvalue weighted by atomic mass is 32.2. The molecule has 0 bridgehead atoms. The molecule has 146 valence electrons. The van der Waals surface area contributed by atoms with Crippen molar-refractivity contribution in [2.75, 3.05) is 5.32 Å². The fourth-order valence-corrected chi connectivity index (χ4v) is 4.45. The Kier molecular flexibility index (Phi) is 6.38. The van der Waals surface area contributed by atoms with Crippen LogP contribution < -0.4 is 5.32 Å². The predicted octanol–water partition coefficient (Wildman–Crippen LogP) is 5.13. The summed E-state index contributed by atoms with van der Waals surface area (Å²) in [6, 6.07) is 21.4. The molecule has 4 aromatic rings. The third-order valence-electron chi connectivity index (χ3n) is 4.35. The molecular formula is C22H20N4OS2. The van der Waals surface area contributed by atoms with Gasteiger partial charge in [-0.05, 0) is 47.7 Å². The lowest BCUT2D eigenvalue weighted by molar-refractivity contribution is 0.102. The molecule has 0 aliphatic rings. The van der Waals surface area contributed by atoms with Crippen LogP contribution in [0.4, 0.5) is 5.69 Å². The van der Waals surface area contributed by atoms with Crippen LogP contribution in [0.3, 0.4) is 0 Å². The van der Waals surface area contributed by atoms with Crippen molar-refractivity contribution in [3.05, 3.63) is 94.4 Å². The maximum Gasteiger partial charge on any atom is 0.255 e. The molecule has 5 nitrogen and oxygen atoms in total. The van der Waals surface area contributed by atoms with Crippen LogP contribution in [0.2, 0.25) is 0 Å². The molecule has 0 saturated heterocycles. The first-order valence-electron chi connectivity index (χ1n) is 9.26. The summed E-state index contributed by atoms with van der Waals surface area (Å²) >= 11 is 3.40. The maximum atomic E-state index is 12.5. The third-order valence-corrected chi connectivity index (χ3v) is 6.34. The first kappa shape index (κ1) is 19.4. The monoisotopic (exact) mass is 420 g/mol. The van der Waals surface area contributed by atoms with Crippen molar-refractivity contribution >= 4 is 34.7 Å². The number of para-hydroxylation sites is 1. The number of carbonyl (C=O) groups is 1. The molecule has 0 unspecified atom stereocenters. The van der Waals surface area contributed by atoms with Gasteiger partial charge in [-0.2, -0.15) is 0 Å². The van der Waals surface area contributed by atoms with Gasteiger partial charge in [0.1, 0.15) is 6.33 Å². The normalized spacial score (nSPS) is 10.8. The maximum absolute atomic E-state index is 12.5. The van der Waals surface area contributed by atoms with Crippen LogP contribution >= 0.6 is 23.1 Å². The van der Waals surface area contributed by atoms with Crippen LogP contribution in [-0.2, 0) is 18.7 Å². The summed E-state index contributed by atoms with van der Waals surface area (Å²) in [5.41, 5.74) is 2.51. The Morgan fingerprint density at radius 3 is 2.79 bits per heavy atom. The molecule has 7 heteroatoms. The number of aryl methyl sites for hydroxylation is 2. The molecule has 0 spiro atoms. The number of anilines is 1. The fourth-order valence-electron chi connectivity index (χ4n) is 2.87. The number of thioether (sulfide) groups is 1. The molecule has 1 N–H and O–H groups in total. The highest BCUT2D eigenvalue weighted by Crippen LogP contribution is 2.22. The topological polar surface area (TPSA) is 59.8 Å². The quantitative estimate of drug-likeness (QED) is 0.402. The van der Waals surface area contributed by atoms with Crippen LogP contribution in [0.5, 0.6) is 0 Å². The lowest BCUT2D eigenvalue weighted by atomic mass is 10.1. The second-order valence-electron chi connectivity index (χ2n) is 6.45. The summed E-state index contributed by atoms with van der Waals surface area (Å²) in [4.78, 5) is 13.9. The molecule has 4 rings (SSSR count). The van der Waals surface area contributed by atoms with E-state index in [1.165, 1.54) is 4.88 Å². The number of thiophene rings is 1. The van der Waals surface area contributed by atoms with E-state index in [1.807, 2.05) is 54.6 Å². The van der Waals surface area contributed by atoms with Crippen LogP contribution in [0.15, 0.2) is 83.6 Å². The van der Waals surface area contributed by atoms with Gasteiger partial charge in [-0.3, -0.25) is 4.79 Å². The third kappa shape index (κ3) is 5.34. The zero-order valence-corrected chi connectivity index (χ0v) is 17.3. The average Bonchev–Trinajstić information content (AvgIpc) is 3.43. The molecular weight excluding hydrogens is 400 g/mol. The van der Waals surface area contributed by atoms with Crippen molar-refractivity contribution in [1.29, 1.82) is 0 Å². The number of amides is 1. The van der Waals surface area contributed by atoms with Gasteiger partial charge < -0.3 is 9.88 Å². The van der Waals surface area contributed by atoms with Crippen LogP contribution in [-0.4, -0.2) is 20.7 Å². The van der Waals surface area contributed by atoms with Gasteiger partial charge in [0, 0.05) is 28.4 Å². The van der Waals surface area contributed by atoms with E-state index in [0.29, 0.717) is 5.56 Å². The first-order valence-corrected chi connectivity index (χ1v) is 11.1. The molecule has 2 aromatic carbocycles.